The molecule has 2 aliphatic heterocycles. The van der Waals surface area contributed by atoms with Crippen LogP contribution in [-0.4, -0.2) is 52.9 Å². The zero-order valence-electron chi connectivity index (χ0n) is 18.7. The largest absolute Gasteiger partial charge is 0.373 e. The molecule has 166 valence electrons. The molecule has 1 atom stereocenters. The second-order valence-corrected chi connectivity index (χ2v) is 8.78. The molecule has 0 bridgehead atoms. The average Bonchev–Trinajstić information content (AvgIpc) is 3.25. The second kappa shape index (κ2) is 9.30. The van der Waals surface area contributed by atoms with E-state index in [4.69, 9.17) is 9.97 Å². The summed E-state index contributed by atoms with van der Waals surface area (Å²) in [6.07, 6.45) is 4.82. The van der Waals surface area contributed by atoms with Crippen molar-refractivity contribution in [1.82, 2.24) is 19.8 Å². The van der Waals surface area contributed by atoms with Crippen molar-refractivity contribution in [3.8, 4) is 0 Å². The Morgan fingerprint density at radius 1 is 1.29 bits per heavy atom. The van der Waals surface area contributed by atoms with Crippen molar-refractivity contribution in [2.75, 3.05) is 32.5 Å². The summed E-state index contributed by atoms with van der Waals surface area (Å²) in [5.74, 6) is 1.64. The number of halogens is 1. The molecule has 1 amide bonds. The standard InChI is InChI=1S/C24H32FN5O/c1-16-14-17(9-10-19(16)25)6-4-8-22(31)30-12-5-7-21(30)24-27-20-11-13-29(3)15-18(20)23(26-2)28-24/h9-10,14,21H,4-8,11-13,15H2,1-3H3,(H,26,27,28). The maximum atomic E-state index is 13.5. The number of carbonyl (C=O) groups is 1. The van der Waals surface area contributed by atoms with E-state index in [1.807, 2.05) is 24.1 Å². The summed E-state index contributed by atoms with van der Waals surface area (Å²) < 4.78 is 13.5. The molecule has 2 aromatic rings. The number of anilines is 1. The average molecular weight is 426 g/mol. The van der Waals surface area contributed by atoms with Crippen LogP contribution in [0.2, 0.25) is 0 Å². The minimum atomic E-state index is -0.183. The van der Waals surface area contributed by atoms with Crippen molar-refractivity contribution >= 4 is 11.7 Å². The summed E-state index contributed by atoms with van der Waals surface area (Å²) in [6, 6.07) is 5.14. The third-order valence-electron chi connectivity index (χ3n) is 6.45. The number of carbonyl (C=O) groups excluding carboxylic acids is 1. The number of fused-ring (bicyclic) bond motifs is 1. The number of likely N-dealkylation sites (N-methyl/N-ethyl adjacent to an activating group) is 1. The number of nitrogens with zero attached hydrogens (tertiary/aromatic N) is 4. The topological polar surface area (TPSA) is 61.4 Å². The molecule has 0 saturated carbocycles. The highest BCUT2D eigenvalue weighted by Crippen LogP contribution is 2.33. The third kappa shape index (κ3) is 4.71. The van der Waals surface area contributed by atoms with Gasteiger partial charge in [0.05, 0.1) is 11.7 Å². The molecule has 1 aromatic heterocycles. The number of amides is 1. The lowest BCUT2D eigenvalue weighted by Crippen LogP contribution is -2.33. The minimum Gasteiger partial charge on any atom is -0.373 e. The Morgan fingerprint density at radius 3 is 2.90 bits per heavy atom. The van der Waals surface area contributed by atoms with Crippen LogP contribution in [0.15, 0.2) is 18.2 Å². The van der Waals surface area contributed by atoms with Gasteiger partial charge in [-0.05, 0) is 56.8 Å². The predicted octanol–water partition coefficient (Wildman–Crippen LogP) is 3.64. The fraction of sp³-hybridized carbons (Fsp3) is 0.542. The first-order valence-corrected chi connectivity index (χ1v) is 11.3. The van der Waals surface area contributed by atoms with Gasteiger partial charge >= 0.3 is 0 Å². The molecule has 4 rings (SSSR count). The Hall–Kier alpha value is -2.54. The lowest BCUT2D eigenvalue weighted by atomic mass is 10.0. The molecule has 0 aliphatic carbocycles. The smallest absolute Gasteiger partial charge is 0.223 e. The van der Waals surface area contributed by atoms with Crippen LogP contribution in [0, 0.1) is 12.7 Å². The summed E-state index contributed by atoms with van der Waals surface area (Å²) in [5.41, 5.74) is 4.01. The van der Waals surface area contributed by atoms with E-state index in [-0.39, 0.29) is 17.8 Å². The van der Waals surface area contributed by atoms with E-state index in [0.717, 1.165) is 74.6 Å². The zero-order valence-corrected chi connectivity index (χ0v) is 18.7. The minimum absolute atomic E-state index is 0.0439. The SMILES string of the molecule is CNc1nc(C2CCCN2C(=O)CCCc2ccc(F)c(C)c2)nc2c1CN(C)CC2. The number of hydrogen-bond donors (Lipinski definition) is 1. The van der Waals surface area contributed by atoms with Crippen molar-refractivity contribution in [2.45, 2.75) is 58.0 Å². The Kier molecular flexibility index (Phi) is 6.51. The van der Waals surface area contributed by atoms with E-state index in [2.05, 4.69) is 17.3 Å². The normalized spacial score (nSPS) is 18.8. The van der Waals surface area contributed by atoms with E-state index in [0.29, 0.717) is 12.0 Å². The van der Waals surface area contributed by atoms with Gasteiger partial charge in [-0.1, -0.05) is 12.1 Å². The van der Waals surface area contributed by atoms with Crippen molar-refractivity contribution in [2.24, 2.45) is 0 Å². The Labute approximate surface area is 183 Å². The number of aryl methyl sites for hydroxylation is 2. The van der Waals surface area contributed by atoms with Crippen LogP contribution in [0.5, 0.6) is 0 Å². The summed E-state index contributed by atoms with van der Waals surface area (Å²) in [6.45, 7) is 4.37. The van der Waals surface area contributed by atoms with Gasteiger partial charge in [0.15, 0.2) is 5.82 Å². The van der Waals surface area contributed by atoms with Gasteiger partial charge in [-0.15, -0.1) is 0 Å². The summed E-state index contributed by atoms with van der Waals surface area (Å²) >= 11 is 0. The third-order valence-corrected chi connectivity index (χ3v) is 6.45. The van der Waals surface area contributed by atoms with Gasteiger partial charge in [0, 0.05) is 45.1 Å². The zero-order chi connectivity index (χ0) is 22.0. The first kappa shape index (κ1) is 21.7. The number of nitrogens with one attached hydrogen (secondary N) is 1. The van der Waals surface area contributed by atoms with E-state index >= 15 is 0 Å². The van der Waals surface area contributed by atoms with E-state index in [1.54, 1.807) is 6.92 Å². The highest BCUT2D eigenvalue weighted by molar-refractivity contribution is 5.77. The van der Waals surface area contributed by atoms with Crippen molar-refractivity contribution < 1.29 is 9.18 Å². The lowest BCUT2D eigenvalue weighted by molar-refractivity contribution is -0.132. The van der Waals surface area contributed by atoms with Gasteiger partial charge < -0.3 is 15.1 Å². The molecule has 2 aliphatic rings. The van der Waals surface area contributed by atoms with Gasteiger partial charge in [-0.25, -0.2) is 14.4 Å². The highest BCUT2D eigenvalue weighted by Gasteiger charge is 2.33. The van der Waals surface area contributed by atoms with Crippen LogP contribution in [-0.2, 0) is 24.2 Å². The first-order valence-electron chi connectivity index (χ1n) is 11.3. The molecule has 3 heterocycles. The predicted molar refractivity (Wildman–Crippen MR) is 119 cm³/mol. The summed E-state index contributed by atoms with van der Waals surface area (Å²) in [4.78, 5) is 27.0. The maximum Gasteiger partial charge on any atom is 0.223 e. The summed E-state index contributed by atoms with van der Waals surface area (Å²) in [7, 11) is 4.01. The fourth-order valence-electron chi connectivity index (χ4n) is 4.71. The number of rotatable bonds is 6. The van der Waals surface area contributed by atoms with Crippen LogP contribution >= 0.6 is 0 Å². The molecule has 1 unspecified atom stereocenters. The van der Waals surface area contributed by atoms with E-state index < -0.39 is 0 Å². The highest BCUT2D eigenvalue weighted by atomic mass is 19.1. The summed E-state index contributed by atoms with van der Waals surface area (Å²) in [5, 5.41) is 3.24. The lowest BCUT2D eigenvalue weighted by Gasteiger charge is -2.29. The molecule has 0 radical (unpaired) electrons. The molecule has 1 N–H and O–H groups in total. The molecule has 1 fully saturated rings. The molecular formula is C24H32FN5O. The monoisotopic (exact) mass is 425 g/mol. The second-order valence-electron chi connectivity index (χ2n) is 8.78. The van der Waals surface area contributed by atoms with Crippen LogP contribution in [0.4, 0.5) is 10.2 Å². The van der Waals surface area contributed by atoms with Gasteiger partial charge in [0.2, 0.25) is 5.91 Å². The molecular weight excluding hydrogens is 393 g/mol. The maximum absolute atomic E-state index is 13.5. The van der Waals surface area contributed by atoms with Crippen molar-refractivity contribution in [1.29, 1.82) is 0 Å². The molecule has 31 heavy (non-hydrogen) atoms. The molecule has 0 spiro atoms. The van der Waals surface area contributed by atoms with Crippen LogP contribution in [0.1, 0.15) is 59.9 Å². The molecule has 6 nitrogen and oxygen atoms in total. The van der Waals surface area contributed by atoms with Crippen molar-refractivity contribution in [3.63, 3.8) is 0 Å². The van der Waals surface area contributed by atoms with Crippen LogP contribution in [0.3, 0.4) is 0 Å². The molecule has 1 saturated heterocycles. The quantitative estimate of drug-likeness (QED) is 0.766. The van der Waals surface area contributed by atoms with E-state index in [9.17, 15) is 9.18 Å². The van der Waals surface area contributed by atoms with Crippen LogP contribution < -0.4 is 5.32 Å². The number of likely N-dealkylation sites (tertiary alicyclic amines) is 1. The van der Waals surface area contributed by atoms with Crippen molar-refractivity contribution in [3.05, 3.63) is 52.2 Å². The van der Waals surface area contributed by atoms with E-state index in [1.165, 1.54) is 11.6 Å². The van der Waals surface area contributed by atoms with Gasteiger partial charge in [-0.2, -0.15) is 0 Å². The fourth-order valence-corrected chi connectivity index (χ4v) is 4.71. The number of benzene rings is 1. The number of aromatic nitrogens is 2. The Bertz CT molecular complexity index is 946. The molecule has 1 aromatic carbocycles. The number of hydrogen-bond acceptors (Lipinski definition) is 5. The first-order chi connectivity index (χ1) is 15.0. The Morgan fingerprint density at radius 2 is 2.13 bits per heavy atom. The molecule has 7 heteroatoms. The Balaban J connectivity index is 1.43. The van der Waals surface area contributed by atoms with Gasteiger partial charge in [-0.3, -0.25) is 4.79 Å². The van der Waals surface area contributed by atoms with Gasteiger partial charge in [0.1, 0.15) is 11.6 Å². The van der Waals surface area contributed by atoms with Crippen LogP contribution in [0.25, 0.3) is 0 Å². The van der Waals surface area contributed by atoms with Gasteiger partial charge in [0.25, 0.3) is 0 Å².